The second-order valence-electron chi connectivity index (χ2n) is 7.96. The van der Waals surface area contributed by atoms with E-state index in [0.29, 0.717) is 6.42 Å². The molecule has 0 amide bonds. The van der Waals surface area contributed by atoms with Crippen molar-refractivity contribution in [3.05, 3.63) is 24.3 Å². The van der Waals surface area contributed by atoms with Crippen LogP contribution in [-0.4, -0.2) is 69.1 Å². The molecule has 5 N–H and O–H groups in total. The molecule has 0 aromatic heterocycles. The summed E-state index contributed by atoms with van der Waals surface area (Å²) in [4.78, 5) is 11.7. The van der Waals surface area contributed by atoms with Gasteiger partial charge in [-0.3, -0.25) is 4.79 Å². The third kappa shape index (κ3) is 17.0. The van der Waals surface area contributed by atoms with E-state index in [1.807, 2.05) is 0 Å². The Kier molecular flexibility index (Phi) is 19.8. The van der Waals surface area contributed by atoms with Crippen LogP contribution in [0.3, 0.4) is 0 Å². The number of esters is 1. The lowest BCUT2D eigenvalue weighted by molar-refractivity contribution is -0.156. The van der Waals surface area contributed by atoms with Gasteiger partial charge in [-0.15, -0.1) is 0 Å². The van der Waals surface area contributed by atoms with Crippen molar-refractivity contribution < 1.29 is 35.1 Å². The predicted octanol–water partition coefficient (Wildman–Crippen LogP) is 2.78. The van der Waals surface area contributed by atoms with E-state index in [4.69, 9.17) is 9.84 Å². The molecule has 0 heterocycles. The Morgan fingerprint density at radius 3 is 1.94 bits per heavy atom. The van der Waals surface area contributed by atoms with E-state index in [1.54, 1.807) is 0 Å². The third-order valence-corrected chi connectivity index (χ3v) is 5.07. The quantitative estimate of drug-likeness (QED) is 0.111. The molecule has 0 aromatic rings. The van der Waals surface area contributed by atoms with Crippen molar-refractivity contribution >= 4 is 5.97 Å². The molecule has 0 unspecified atom stereocenters. The minimum Gasteiger partial charge on any atom is -0.463 e. The summed E-state index contributed by atoms with van der Waals surface area (Å²) in [5.41, 5.74) is 0. The highest BCUT2D eigenvalue weighted by Crippen LogP contribution is 2.10. The molecule has 4 atom stereocenters. The van der Waals surface area contributed by atoms with E-state index in [-0.39, 0.29) is 6.42 Å². The number of allylic oxidation sites excluding steroid dienone is 4. The molecule has 0 radical (unpaired) electrons. The van der Waals surface area contributed by atoms with Gasteiger partial charge in [0.05, 0.1) is 6.61 Å². The van der Waals surface area contributed by atoms with Gasteiger partial charge < -0.3 is 30.3 Å². The molecule has 7 nitrogen and oxygen atoms in total. The molecular weight excluding hydrogens is 400 g/mol. The molecular formula is C24H44O7. The topological polar surface area (TPSA) is 127 Å². The van der Waals surface area contributed by atoms with Crippen LogP contribution in [0.25, 0.3) is 0 Å². The molecule has 0 bridgehead atoms. The molecule has 0 spiro atoms. The Balaban J connectivity index is 3.60. The van der Waals surface area contributed by atoms with Gasteiger partial charge in [0, 0.05) is 6.42 Å². The fourth-order valence-corrected chi connectivity index (χ4v) is 2.99. The normalized spacial score (nSPS) is 15.9. The summed E-state index contributed by atoms with van der Waals surface area (Å²) in [5.74, 6) is -0.478. The molecule has 0 saturated carbocycles. The average molecular weight is 445 g/mol. The monoisotopic (exact) mass is 444 g/mol. The first-order valence-electron chi connectivity index (χ1n) is 11.7. The van der Waals surface area contributed by atoms with Gasteiger partial charge in [-0.25, -0.2) is 0 Å². The van der Waals surface area contributed by atoms with Gasteiger partial charge in [0.15, 0.2) is 0 Å². The van der Waals surface area contributed by atoms with Gasteiger partial charge in [0.2, 0.25) is 0 Å². The van der Waals surface area contributed by atoms with Gasteiger partial charge in [0.1, 0.15) is 31.0 Å². The number of ether oxygens (including phenoxy) is 1. The largest absolute Gasteiger partial charge is 0.463 e. The Bertz CT molecular complexity index is 479. The number of aliphatic hydroxyl groups is 5. The molecule has 0 fully saturated rings. The van der Waals surface area contributed by atoms with E-state index in [9.17, 15) is 25.2 Å². The van der Waals surface area contributed by atoms with Gasteiger partial charge in [-0.05, 0) is 38.5 Å². The van der Waals surface area contributed by atoms with Crippen molar-refractivity contribution in [1.82, 2.24) is 0 Å². The lowest BCUT2D eigenvalue weighted by Gasteiger charge is -2.25. The molecule has 7 heteroatoms. The first kappa shape index (κ1) is 29.8. The number of carbonyl (C=O) groups is 1. The second kappa shape index (κ2) is 20.6. The van der Waals surface area contributed by atoms with Crippen LogP contribution in [-0.2, 0) is 9.53 Å². The van der Waals surface area contributed by atoms with Gasteiger partial charge in [0.25, 0.3) is 0 Å². The zero-order chi connectivity index (χ0) is 23.3. The summed E-state index contributed by atoms with van der Waals surface area (Å²) in [6.07, 6.45) is 14.6. The van der Waals surface area contributed by atoms with Crippen LogP contribution < -0.4 is 0 Å². The highest BCUT2D eigenvalue weighted by molar-refractivity contribution is 5.69. The van der Waals surface area contributed by atoms with Crippen LogP contribution in [0.5, 0.6) is 0 Å². The Labute approximate surface area is 187 Å². The maximum Gasteiger partial charge on any atom is 0.305 e. The van der Waals surface area contributed by atoms with Gasteiger partial charge in [-0.2, -0.15) is 0 Å². The SMILES string of the molecule is CCCCC/C=C/C/C=C/CCCCCCCC(=O)OC[C@@H](O)[C@@H](O)[C@H](O)[C@@H](O)CO. The molecule has 0 aliphatic heterocycles. The number of hydrogen-bond acceptors (Lipinski definition) is 7. The van der Waals surface area contributed by atoms with E-state index >= 15 is 0 Å². The lowest BCUT2D eigenvalue weighted by atomic mass is 10.0. The molecule has 0 saturated heterocycles. The van der Waals surface area contributed by atoms with E-state index in [1.165, 1.54) is 25.7 Å². The van der Waals surface area contributed by atoms with Crippen molar-refractivity contribution in [2.45, 2.75) is 108 Å². The minimum atomic E-state index is -1.72. The smallest absolute Gasteiger partial charge is 0.305 e. The summed E-state index contributed by atoms with van der Waals surface area (Å²) in [7, 11) is 0. The van der Waals surface area contributed by atoms with Crippen LogP contribution in [0.15, 0.2) is 24.3 Å². The molecule has 182 valence electrons. The number of carbonyl (C=O) groups excluding carboxylic acids is 1. The van der Waals surface area contributed by atoms with E-state index in [0.717, 1.165) is 38.5 Å². The fraction of sp³-hybridized carbons (Fsp3) is 0.792. The number of unbranched alkanes of at least 4 members (excludes halogenated alkanes) is 8. The lowest BCUT2D eigenvalue weighted by Crippen LogP contribution is -2.47. The third-order valence-electron chi connectivity index (χ3n) is 5.07. The standard InChI is InChI=1S/C24H44O7/c1-2-3-4-5-6-7-8-9-10-11-12-13-14-15-16-17-22(28)31-19-21(27)24(30)23(29)20(26)18-25/h6-7,9-10,20-21,23-27,29-30H,2-5,8,11-19H2,1H3/b7-6+,10-9+/t20-,21+,23+,24+/m0/s1. The zero-order valence-corrected chi connectivity index (χ0v) is 19.1. The van der Waals surface area contributed by atoms with Crippen LogP contribution >= 0.6 is 0 Å². The summed E-state index contributed by atoms with van der Waals surface area (Å²) in [6, 6.07) is 0. The maximum atomic E-state index is 11.7. The van der Waals surface area contributed by atoms with Crippen molar-refractivity contribution in [3.63, 3.8) is 0 Å². The van der Waals surface area contributed by atoms with Crippen molar-refractivity contribution in [2.75, 3.05) is 13.2 Å². The second-order valence-corrected chi connectivity index (χ2v) is 7.96. The zero-order valence-electron chi connectivity index (χ0n) is 19.1. The minimum absolute atomic E-state index is 0.231. The maximum absolute atomic E-state index is 11.7. The molecule has 0 aromatic carbocycles. The van der Waals surface area contributed by atoms with Crippen LogP contribution in [0.2, 0.25) is 0 Å². The number of hydrogen-bond donors (Lipinski definition) is 5. The van der Waals surface area contributed by atoms with Crippen molar-refractivity contribution in [3.8, 4) is 0 Å². The highest BCUT2D eigenvalue weighted by Gasteiger charge is 2.30. The van der Waals surface area contributed by atoms with Crippen molar-refractivity contribution in [1.29, 1.82) is 0 Å². The molecule has 31 heavy (non-hydrogen) atoms. The first-order valence-corrected chi connectivity index (χ1v) is 11.7. The van der Waals surface area contributed by atoms with Crippen molar-refractivity contribution in [2.24, 2.45) is 0 Å². The average Bonchev–Trinajstić information content (AvgIpc) is 2.78. The Morgan fingerprint density at radius 1 is 0.774 bits per heavy atom. The first-order chi connectivity index (χ1) is 14.9. The number of rotatable bonds is 20. The van der Waals surface area contributed by atoms with Crippen LogP contribution in [0, 0.1) is 0 Å². The number of aliphatic hydroxyl groups excluding tert-OH is 5. The molecule has 0 rings (SSSR count). The van der Waals surface area contributed by atoms with Gasteiger partial charge >= 0.3 is 5.97 Å². The Morgan fingerprint density at radius 2 is 1.32 bits per heavy atom. The highest BCUT2D eigenvalue weighted by atomic mass is 16.5. The summed E-state index contributed by atoms with van der Waals surface area (Å²) in [5, 5.41) is 46.8. The van der Waals surface area contributed by atoms with Crippen LogP contribution in [0.1, 0.15) is 84.0 Å². The predicted molar refractivity (Wildman–Crippen MR) is 121 cm³/mol. The van der Waals surface area contributed by atoms with E-state index < -0.39 is 43.6 Å². The summed E-state index contributed by atoms with van der Waals surface area (Å²) in [6.45, 7) is 0.985. The molecule has 0 aliphatic carbocycles. The fourth-order valence-electron chi connectivity index (χ4n) is 2.99. The van der Waals surface area contributed by atoms with E-state index in [2.05, 4.69) is 31.2 Å². The molecule has 0 aliphatic rings. The van der Waals surface area contributed by atoms with Crippen LogP contribution in [0.4, 0.5) is 0 Å². The van der Waals surface area contributed by atoms with Gasteiger partial charge in [-0.1, -0.05) is 63.3 Å². The summed E-state index contributed by atoms with van der Waals surface area (Å²) < 4.78 is 4.89. The summed E-state index contributed by atoms with van der Waals surface area (Å²) >= 11 is 0. The Hall–Kier alpha value is -1.25.